The van der Waals surface area contributed by atoms with E-state index in [9.17, 15) is 9.59 Å². The number of carbonyl (C=O) groups excluding carboxylic acids is 2. The molecule has 0 aliphatic heterocycles. The predicted molar refractivity (Wildman–Crippen MR) is 119 cm³/mol. The first-order valence-electron chi connectivity index (χ1n) is 10.3. The molecule has 2 aromatic carbocycles. The van der Waals surface area contributed by atoms with Gasteiger partial charge in [-0.1, -0.05) is 36.4 Å². The van der Waals surface area contributed by atoms with Crippen molar-refractivity contribution in [3.8, 4) is 5.75 Å². The predicted octanol–water partition coefficient (Wildman–Crippen LogP) is 4.81. The monoisotopic (exact) mass is 409 g/mol. The van der Waals surface area contributed by atoms with Gasteiger partial charge in [0, 0.05) is 24.7 Å². The highest BCUT2D eigenvalue weighted by Gasteiger charge is 2.15. The number of esters is 1. The molecular formula is C25H31NO4. The van der Waals surface area contributed by atoms with Gasteiger partial charge in [-0.15, -0.1) is 0 Å². The minimum absolute atomic E-state index is 0.0231. The van der Waals surface area contributed by atoms with Crippen LogP contribution in [0, 0.1) is 0 Å². The number of carbonyl (C=O) groups is 2. The summed E-state index contributed by atoms with van der Waals surface area (Å²) in [7, 11) is 1.37. The third kappa shape index (κ3) is 6.21. The van der Waals surface area contributed by atoms with E-state index in [2.05, 4.69) is 0 Å². The Balaban J connectivity index is 2.33. The lowest BCUT2D eigenvalue weighted by Gasteiger charge is -2.19. The highest BCUT2D eigenvalue weighted by molar-refractivity contribution is 5.95. The molecule has 5 heteroatoms. The van der Waals surface area contributed by atoms with E-state index in [4.69, 9.17) is 9.47 Å². The summed E-state index contributed by atoms with van der Waals surface area (Å²) < 4.78 is 11.0. The van der Waals surface area contributed by atoms with Crippen molar-refractivity contribution >= 4 is 17.4 Å². The molecule has 5 nitrogen and oxygen atoms in total. The number of nitrogens with zero attached hydrogens (tertiary/aromatic N) is 1. The third-order valence-corrected chi connectivity index (χ3v) is 5.07. The van der Waals surface area contributed by atoms with Gasteiger partial charge in [0.2, 0.25) is 5.91 Å². The average Bonchev–Trinajstić information content (AvgIpc) is 2.76. The average molecular weight is 410 g/mol. The summed E-state index contributed by atoms with van der Waals surface area (Å²) >= 11 is 0. The second kappa shape index (κ2) is 11.2. The molecule has 30 heavy (non-hydrogen) atoms. The smallest absolute Gasteiger partial charge is 0.310 e. The standard InChI is InChI=1S/C25H31NO4/c1-6-26(7-2)24(27)15-18(3)21-13-14-23(22(16-21)17-25(28)29-5)30-19(4)20-11-9-8-10-12-20/h8-16,19H,6-7,17H2,1-5H3/t19-/m1/s1. The van der Waals surface area contributed by atoms with Crippen LogP contribution < -0.4 is 4.74 Å². The first-order valence-corrected chi connectivity index (χ1v) is 10.3. The van der Waals surface area contributed by atoms with Crippen molar-refractivity contribution in [3.63, 3.8) is 0 Å². The Morgan fingerprint density at radius 2 is 1.73 bits per heavy atom. The first kappa shape index (κ1) is 23.2. The van der Waals surface area contributed by atoms with E-state index < -0.39 is 0 Å². The molecule has 0 aromatic heterocycles. The number of ether oxygens (including phenoxy) is 2. The molecule has 160 valence electrons. The maximum atomic E-state index is 12.4. The molecule has 0 spiro atoms. The molecule has 0 unspecified atom stereocenters. The Labute approximate surface area is 179 Å². The molecule has 0 bridgehead atoms. The van der Waals surface area contributed by atoms with Crippen LogP contribution >= 0.6 is 0 Å². The summed E-state index contributed by atoms with van der Waals surface area (Å²) in [5.41, 5.74) is 3.48. The van der Waals surface area contributed by atoms with Crippen LogP contribution in [-0.2, 0) is 20.7 Å². The van der Waals surface area contributed by atoms with Crippen LogP contribution in [0.3, 0.4) is 0 Å². The molecule has 2 rings (SSSR count). The number of hydrogen-bond donors (Lipinski definition) is 0. The summed E-state index contributed by atoms with van der Waals surface area (Å²) in [5, 5.41) is 0. The molecule has 0 fully saturated rings. The Bertz CT molecular complexity index is 885. The van der Waals surface area contributed by atoms with Crippen LogP contribution in [0.15, 0.2) is 54.6 Å². The van der Waals surface area contributed by atoms with Crippen LogP contribution in [0.25, 0.3) is 5.57 Å². The molecule has 0 saturated heterocycles. The SMILES string of the molecule is CCN(CC)C(=O)C=C(C)c1ccc(O[C@H](C)c2ccccc2)c(CC(=O)OC)c1. The highest BCUT2D eigenvalue weighted by atomic mass is 16.5. The molecule has 0 saturated carbocycles. The van der Waals surface area contributed by atoms with Crippen molar-refractivity contribution in [3.05, 3.63) is 71.3 Å². The fourth-order valence-electron chi connectivity index (χ4n) is 3.18. The quantitative estimate of drug-likeness (QED) is 0.440. The summed E-state index contributed by atoms with van der Waals surface area (Å²) in [6.45, 7) is 9.11. The summed E-state index contributed by atoms with van der Waals surface area (Å²) in [6, 6.07) is 15.6. The van der Waals surface area contributed by atoms with E-state index >= 15 is 0 Å². The maximum absolute atomic E-state index is 12.4. The van der Waals surface area contributed by atoms with Gasteiger partial charge >= 0.3 is 5.97 Å². The zero-order chi connectivity index (χ0) is 22.1. The van der Waals surface area contributed by atoms with Gasteiger partial charge in [0.05, 0.1) is 13.5 Å². The molecular weight excluding hydrogens is 378 g/mol. The van der Waals surface area contributed by atoms with Crippen molar-refractivity contribution in [1.82, 2.24) is 4.90 Å². The van der Waals surface area contributed by atoms with Gasteiger partial charge in [0.15, 0.2) is 0 Å². The van der Waals surface area contributed by atoms with E-state index in [-0.39, 0.29) is 24.4 Å². The second-order valence-corrected chi connectivity index (χ2v) is 7.08. The van der Waals surface area contributed by atoms with Crippen molar-refractivity contribution in [2.75, 3.05) is 20.2 Å². The van der Waals surface area contributed by atoms with Gasteiger partial charge in [-0.2, -0.15) is 0 Å². The lowest BCUT2D eigenvalue weighted by molar-refractivity contribution is -0.139. The van der Waals surface area contributed by atoms with Gasteiger partial charge in [0.1, 0.15) is 11.9 Å². The van der Waals surface area contributed by atoms with Crippen LogP contribution in [0.5, 0.6) is 5.75 Å². The van der Waals surface area contributed by atoms with Gasteiger partial charge < -0.3 is 14.4 Å². The molecule has 1 atom stereocenters. The zero-order valence-corrected chi connectivity index (χ0v) is 18.5. The number of benzene rings is 2. The topological polar surface area (TPSA) is 55.8 Å². The minimum Gasteiger partial charge on any atom is -0.486 e. The number of hydrogen-bond acceptors (Lipinski definition) is 4. The summed E-state index contributed by atoms with van der Waals surface area (Å²) in [4.78, 5) is 26.1. The summed E-state index contributed by atoms with van der Waals surface area (Å²) in [6.07, 6.45) is 1.56. The Hall–Kier alpha value is -3.08. The fraction of sp³-hybridized carbons (Fsp3) is 0.360. The highest BCUT2D eigenvalue weighted by Crippen LogP contribution is 2.29. The van der Waals surface area contributed by atoms with Crippen LogP contribution in [0.4, 0.5) is 0 Å². The molecule has 0 heterocycles. The third-order valence-electron chi connectivity index (χ3n) is 5.07. The van der Waals surface area contributed by atoms with Gasteiger partial charge in [-0.05, 0) is 56.5 Å². The Kier molecular flexibility index (Phi) is 8.66. The number of methoxy groups -OCH3 is 1. The van der Waals surface area contributed by atoms with Crippen molar-refractivity contribution in [1.29, 1.82) is 0 Å². The van der Waals surface area contributed by atoms with Crippen LogP contribution in [-0.4, -0.2) is 37.0 Å². The molecule has 0 radical (unpaired) electrons. The van der Waals surface area contributed by atoms with Gasteiger partial charge in [-0.3, -0.25) is 9.59 Å². The molecule has 2 aromatic rings. The van der Waals surface area contributed by atoms with Crippen molar-refractivity contribution in [2.24, 2.45) is 0 Å². The van der Waals surface area contributed by atoms with E-state index in [1.54, 1.807) is 11.0 Å². The minimum atomic E-state index is -0.342. The molecule has 0 aliphatic rings. The number of allylic oxidation sites excluding steroid dienone is 1. The van der Waals surface area contributed by atoms with E-state index in [1.165, 1.54) is 7.11 Å². The second-order valence-electron chi connectivity index (χ2n) is 7.08. The first-order chi connectivity index (χ1) is 14.4. The van der Waals surface area contributed by atoms with E-state index in [1.807, 2.05) is 76.2 Å². The summed E-state index contributed by atoms with van der Waals surface area (Å²) in [5.74, 6) is 0.263. The largest absolute Gasteiger partial charge is 0.486 e. The van der Waals surface area contributed by atoms with Crippen molar-refractivity contribution < 1.29 is 19.1 Å². The van der Waals surface area contributed by atoms with Gasteiger partial charge in [0.25, 0.3) is 0 Å². The Morgan fingerprint density at radius 3 is 2.33 bits per heavy atom. The maximum Gasteiger partial charge on any atom is 0.310 e. The van der Waals surface area contributed by atoms with E-state index in [0.717, 1.165) is 22.3 Å². The number of amides is 1. The Morgan fingerprint density at radius 1 is 1.07 bits per heavy atom. The molecule has 1 amide bonds. The lowest BCUT2D eigenvalue weighted by Crippen LogP contribution is -2.28. The van der Waals surface area contributed by atoms with Gasteiger partial charge in [-0.25, -0.2) is 0 Å². The molecule has 0 N–H and O–H groups in total. The van der Waals surface area contributed by atoms with E-state index in [0.29, 0.717) is 18.8 Å². The van der Waals surface area contributed by atoms with Crippen molar-refractivity contribution in [2.45, 2.75) is 40.2 Å². The fourth-order valence-corrected chi connectivity index (χ4v) is 3.18. The molecule has 0 aliphatic carbocycles. The number of likely N-dealkylation sites (N-methyl/N-ethyl adjacent to an activating group) is 1. The normalized spacial score (nSPS) is 12.2. The number of rotatable bonds is 9. The lowest BCUT2D eigenvalue weighted by atomic mass is 10.0. The van der Waals surface area contributed by atoms with Crippen LogP contribution in [0.2, 0.25) is 0 Å². The zero-order valence-electron chi connectivity index (χ0n) is 18.5. The van der Waals surface area contributed by atoms with Crippen LogP contribution in [0.1, 0.15) is 50.5 Å².